The number of benzene rings is 2. The van der Waals surface area contributed by atoms with Crippen molar-refractivity contribution in [3.05, 3.63) is 64.7 Å². The van der Waals surface area contributed by atoms with Crippen LogP contribution in [-0.2, 0) is 22.6 Å². The molecular weight excluding hydrogens is 306 g/mol. The molecular formula is C19H17NO4. The molecule has 1 atom stereocenters. The molecule has 24 heavy (non-hydrogen) atoms. The molecule has 1 N–H and O–H groups in total. The minimum absolute atomic E-state index is 0.152. The lowest BCUT2D eigenvalue weighted by molar-refractivity contribution is -0.138. The first-order valence-corrected chi connectivity index (χ1v) is 7.98. The van der Waals surface area contributed by atoms with E-state index in [1.807, 2.05) is 30.3 Å². The van der Waals surface area contributed by atoms with Crippen molar-refractivity contribution in [1.82, 2.24) is 0 Å². The maximum Gasteiger partial charge on any atom is 0.312 e. The number of carboxylic acids is 1. The average molecular weight is 323 g/mol. The fourth-order valence-corrected chi connectivity index (χ4v) is 3.46. The highest BCUT2D eigenvalue weighted by molar-refractivity contribution is 6.08. The van der Waals surface area contributed by atoms with Gasteiger partial charge in [-0.2, -0.15) is 0 Å². The zero-order valence-corrected chi connectivity index (χ0v) is 13.1. The van der Waals surface area contributed by atoms with Crippen molar-refractivity contribution in [3.8, 4) is 0 Å². The molecule has 2 heterocycles. The third-order valence-electron chi connectivity index (χ3n) is 4.74. The summed E-state index contributed by atoms with van der Waals surface area (Å²) in [5, 5.41) is 9.44. The lowest BCUT2D eigenvalue weighted by Crippen LogP contribution is -2.31. The van der Waals surface area contributed by atoms with E-state index < -0.39 is 11.9 Å². The molecule has 5 heteroatoms. The predicted molar refractivity (Wildman–Crippen MR) is 88.3 cm³/mol. The van der Waals surface area contributed by atoms with Gasteiger partial charge in [0.05, 0.1) is 13.2 Å². The molecule has 1 amide bonds. The molecule has 4 rings (SSSR count). The van der Waals surface area contributed by atoms with Crippen molar-refractivity contribution in [3.63, 3.8) is 0 Å². The molecule has 2 aromatic carbocycles. The summed E-state index contributed by atoms with van der Waals surface area (Å²) in [6.45, 7) is 1.42. The fourth-order valence-electron chi connectivity index (χ4n) is 3.46. The van der Waals surface area contributed by atoms with Gasteiger partial charge in [0.15, 0.2) is 0 Å². The maximum absolute atomic E-state index is 13.0. The normalized spacial score (nSPS) is 18.8. The van der Waals surface area contributed by atoms with Crippen molar-refractivity contribution in [2.24, 2.45) is 0 Å². The van der Waals surface area contributed by atoms with Crippen molar-refractivity contribution in [1.29, 1.82) is 0 Å². The summed E-state index contributed by atoms with van der Waals surface area (Å²) < 4.78 is 5.42. The largest absolute Gasteiger partial charge is 0.481 e. The van der Waals surface area contributed by atoms with Gasteiger partial charge in [-0.15, -0.1) is 0 Å². The quantitative estimate of drug-likeness (QED) is 0.922. The first-order valence-electron chi connectivity index (χ1n) is 7.98. The summed E-state index contributed by atoms with van der Waals surface area (Å²) in [6.07, 6.45) is 0.796. The first-order chi connectivity index (χ1) is 11.6. The van der Waals surface area contributed by atoms with E-state index in [2.05, 4.69) is 0 Å². The van der Waals surface area contributed by atoms with Gasteiger partial charge in [-0.25, -0.2) is 0 Å². The second-order valence-electron chi connectivity index (χ2n) is 6.15. The van der Waals surface area contributed by atoms with E-state index in [-0.39, 0.29) is 12.5 Å². The zero-order chi connectivity index (χ0) is 16.7. The minimum Gasteiger partial charge on any atom is -0.481 e. The number of rotatable bonds is 2. The minimum atomic E-state index is -0.902. The molecule has 0 saturated heterocycles. The summed E-state index contributed by atoms with van der Waals surface area (Å²) in [5.74, 6) is -1.72. The summed E-state index contributed by atoms with van der Waals surface area (Å²) in [6, 6.07) is 12.9. The van der Waals surface area contributed by atoms with Crippen molar-refractivity contribution < 1.29 is 19.4 Å². The smallest absolute Gasteiger partial charge is 0.312 e. The van der Waals surface area contributed by atoms with Crippen LogP contribution in [0.1, 0.15) is 33.0 Å². The molecule has 2 aromatic rings. The summed E-state index contributed by atoms with van der Waals surface area (Å²) >= 11 is 0. The number of carbonyl (C=O) groups excluding carboxylic acids is 1. The van der Waals surface area contributed by atoms with Crippen LogP contribution < -0.4 is 4.90 Å². The van der Waals surface area contributed by atoms with E-state index in [0.29, 0.717) is 30.0 Å². The number of carbonyl (C=O) groups is 2. The number of carboxylic acid groups (broad SMARTS) is 1. The Morgan fingerprint density at radius 3 is 2.79 bits per heavy atom. The van der Waals surface area contributed by atoms with Crippen molar-refractivity contribution in [2.45, 2.75) is 18.9 Å². The summed E-state index contributed by atoms with van der Waals surface area (Å²) in [4.78, 5) is 26.1. The van der Waals surface area contributed by atoms with Crippen molar-refractivity contribution >= 4 is 17.6 Å². The van der Waals surface area contributed by atoms with Crippen LogP contribution in [0.3, 0.4) is 0 Å². The number of anilines is 1. The van der Waals surface area contributed by atoms with Gasteiger partial charge in [0.1, 0.15) is 5.92 Å². The van der Waals surface area contributed by atoms with Crippen LogP contribution in [0.15, 0.2) is 42.5 Å². The van der Waals surface area contributed by atoms with Crippen LogP contribution in [-0.4, -0.2) is 30.1 Å². The Labute approximate surface area is 139 Å². The molecule has 0 spiro atoms. The second-order valence-corrected chi connectivity index (χ2v) is 6.15. The van der Waals surface area contributed by atoms with E-state index >= 15 is 0 Å². The van der Waals surface area contributed by atoms with E-state index in [9.17, 15) is 14.7 Å². The molecule has 2 aliphatic rings. The lowest BCUT2D eigenvalue weighted by Gasteiger charge is -2.20. The Balaban J connectivity index is 1.69. The van der Waals surface area contributed by atoms with Gasteiger partial charge in [0.2, 0.25) is 0 Å². The molecule has 0 saturated carbocycles. The first kappa shape index (κ1) is 14.9. The highest BCUT2D eigenvalue weighted by atomic mass is 16.5. The van der Waals surface area contributed by atoms with Crippen LogP contribution in [0.25, 0.3) is 0 Å². The van der Waals surface area contributed by atoms with Gasteiger partial charge in [-0.3, -0.25) is 9.59 Å². The molecule has 5 nitrogen and oxygen atoms in total. The highest BCUT2D eigenvalue weighted by Crippen LogP contribution is 2.37. The number of hydrogen-bond acceptors (Lipinski definition) is 3. The number of hydrogen-bond donors (Lipinski definition) is 1. The Hall–Kier alpha value is -2.66. The van der Waals surface area contributed by atoms with E-state index in [1.54, 1.807) is 17.0 Å². The van der Waals surface area contributed by atoms with Gasteiger partial charge in [0.25, 0.3) is 5.91 Å². The summed E-state index contributed by atoms with van der Waals surface area (Å²) in [5.41, 5.74) is 4.23. The Morgan fingerprint density at radius 2 is 1.96 bits per heavy atom. The molecule has 0 aromatic heterocycles. The van der Waals surface area contributed by atoms with Crippen LogP contribution >= 0.6 is 0 Å². The summed E-state index contributed by atoms with van der Waals surface area (Å²) in [7, 11) is 0. The van der Waals surface area contributed by atoms with Crippen LogP contribution in [0, 0.1) is 0 Å². The second kappa shape index (κ2) is 5.76. The van der Waals surface area contributed by atoms with E-state index in [0.717, 1.165) is 17.5 Å². The Bertz CT molecular complexity index is 830. The lowest BCUT2D eigenvalue weighted by atomic mass is 10.00. The standard InChI is InChI=1S/C19H17NO4/c21-18(13-5-6-14-11-24-8-7-12(14)9-13)20-10-16(19(22)23)15-3-1-2-4-17(15)20/h1-6,9,16H,7-8,10-11H2,(H,22,23). The van der Waals surface area contributed by atoms with Crippen molar-refractivity contribution in [2.75, 3.05) is 18.1 Å². The molecule has 0 radical (unpaired) electrons. The van der Waals surface area contributed by atoms with Crippen LogP contribution in [0.5, 0.6) is 0 Å². The fraction of sp³-hybridized carbons (Fsp3) is 0.263. The maximum atomic E-state index is 13.0. The van der Waals surface area contributed by atoms with Gasteiger partial charge >= 0.3 is 5.97 Å². The molecule has 2 aliphatic heterocycles. The van der Waals surface area contributed by atoms with E-state index in [4.69, 9.17) is 4.74 Å². The average Bonchev–Trinajstić information content (AvgIpc) is 3.00. The van der Waals surface area contributed by atoms with Gasteiger partial charge in [-0.1, -0.05) is 24.3 Å². The zero-order valence-electron chi connectivity index (χ0n) is 13.1. The molecule has 0 fully saturated rings. The number of fused-ring (bicyclic) bond motifs is 2. The molecule has 0 bridgehead atoms. The molecule has 1 unspecified atom stereocenters. The number of amides is 1. The number of aliphatic carboxylic acids is 1. The number of para-hydroxylation sites is 1. The third kappa shape index (κ3) is 2.37. The number of ether oxygens (including phenoxy) is 1. The van der Waals surface area contributed by atoms with Crippen LogP contribution in [0.4, 0.5) is 5.69 Å². The Morgan fingerprint density at radius 1 is 1.12 bits per heavy atom. The SMILES string of the molecule is O=C(O)C1CN(C(=O)c2ccc3c(c2)CCOC3)c2ccccc21. The topological polar surface area (TPSA) is 66.8 Å². The third-order valence-corrected chi connectivity index (χ3v) is 4.74. The highest BCUT2D eigenvalue weighted by Gasteiger charge is 2.36. The van der Waals surface area contributed by atoms with Gasteiger partial charge < -0.3 is 14.7 Å². The van der Waals surface area contributed by atoms with Gasteiger partial charge in [-0.05, 0) is 41.3 Å². The predicted octanol–water partition coefficient (Wildman–Crippen LogP) is 2.59. The van der Waals surface area contributed by atoms with E-state index in [1.165, 1.54) is 0 Å². The molecule has 122 valence electrons. The van der Waals surface area contributed by atoms with Crippen LogP contribution in [0.2, 0.25) is 0 Å². The van der Waals surface area contributed by atoms with Gasteiger partial charge in [0, 0.05) is 17.8 Å². The monoisotopic (exact) mass is 323 g/mol. The molecule has 0 aliphatic carbocycles. The Kier molecular flexibility index (Phi) is 3.58. The number of nitrogens with zero attached hydrogens (tertiary/aromatic N) is 1.